The van der Waals surface area contributed by atoms with Crippen molar-refractivity contribution in [2.75, 3.05) is 0 Å². The zero-order valence-corrected chi connectivity index (χ0v) is 8.07. The van der Waals surface area contributed by atoms with E-state index in [0.717, 1.165) is 24.2 Å². The molecule has 1 aromatic carbocycles. The van der Waals surface area contributed by atoms with Gasteiger partial charge in [-0.05, 0) is 25.3 Å². The second kappa shape index (κ2) is 4.44. The molecule has 14 heavy (non-hydrogen) atoms. The molecule has 0 aromatic heterocycles. The smallest absolute Gasteiger partial charge is 0.124 e. The average molecular weight is 193 g/mol. The van der Waals surface area contributed by atoms with E-state index in [1.54, 1.807) is 0 Å². The van der Waals surface area contributed by atoms with Gasteiger partial charge in [0.05, 0.1) is 6.10 Å². The molecule has 3 nitrogen and oxygen atoms in total. The molecule has 0 saturated heterocycles. The highest BCUT2D eigenvalue weighted by atomic mass is 16.5. The van der Waals surface area contributed by atoms with E-state index in [4.69, 9.17) is 9.94 Å². The summed E-state index contributed by atoms with van der Waals surface area (Å²) < 4.78 is 5.78. The van der Waals surface area contributed by atoms with Crippen LogP contribution in [-0.2, 0) is 6.54 Å². The van der Waals surface area contributed by atoms with Gasteiger partial charge in [0.2, 0.25) is 0 Å². The third-order valence-electron chi connectivity index (χ3n) is 2.59. The summed E-state index contributed by atoms with van der Waals surface area (Å²) in [6.45, 7) is 0.433. The number of hydrogen-bond acceptors (Lipinski definition) is 3. The minimum atomic E-state index is 0.384. The topological polar surface area (TPSA) is 41.5 Å². The molecule has 1 aromatic rings. The van der Waals surface area contributed by atoms with Crippen molar-refractivity contribution in [3.05, 3.63) is 29.8 Å². The van der Waals surface area contributed by atoms with E-state index in [0.29, 0.717) is 12.6 Å². The minimum Gasteiger partial charge on any atom is -0.490 e. The standard InChI is InChI=1S/C11H15NO2/c13-12-8-9-4-1-2-7-11(9)14-10-5-3-6-10/h1-2,4,7,10,12-13H,3,5-6,8H2. The van der Waals surface area contributed by atoms with Crippen LogP contribution < -0.4 is 10.2 Å². The molecule has 1 aliphatic rings. The number of ether oxygens (including phenoxy) is 1. The van der Waals surface area contributed by atoms with E-state index in [-0.39, 0.29) is 0 Å². The number of nitrogens with one attached hydrogen (secondary N) is 1. The number of hydrogen-bond donors (Lipinski definition) is 2. The molecule has 0 aliphatic heterocycles. The van der Waals surface area contributed by atoms with Crippen molar-refractivity contribution in [3.63, 3.8) is 0 Å². The van der Waals surface area contributed by atoms with Crippen molar-refractivity contribution in [2.24, 2.45) is 0 Å². The van der Waals surface area contributed by atoms with Crippen LogP contribution in [0.2, 0.25) is 0 Å². The van der Waals surface area contributed by atoms with Gasteiger partial charge < -0.3 is 9.94 Å². The Morgan fingerprint density at radius 3 is 2.79 bits per heavy atom. The summed E-state index contributed by atoms with van der Waals surface area (Å²) >= 11 is 0. The summed E-state index contributed by atoms with van der Waals surface area (Å²) in [5.74, 6) is 0.888. The van der Waals surface area contributed by atoms with Gasteiger partial charge in [0.25, 0.3) is 0 Å². The van der Waals surface area contributed by atoms with Crippen molar-refractivity contribution >= 4 is 0 Å². The molecule has 1 fully saturated rings. The summed E-state index contributed by atoms with van der Waals surface area (Å²) in [5, 5.41) is 8.64. The first-order chi connectivity index (χ1) is 6.90. The molecule has 1 saturated carbocycles. The van der Waals surface area contributed by atoms with E-state index in [1.807, 2.05) is 24.3 Å². The van der Waals surface area contributed by atoms with Gasteiger partial charge in [0, 0.05) is 12.1 Å². The predicted octanol–water partition coefficient (Wildman–Crippen LogP) is 2.10. The number of benzene rings is 1. The Morgan fingerprint density at radius 1 is 1.36 bits per heavy atom. The van der Waals surface area contributed by atoms with Crippen LogP contribution in [-0.4, -0.2) is 11.3 Å². The third-order valence-corrected chi connectivity index (χ3v) is 2.59. The number of rotatable bonds is 4. The highest BCUT2D eigenvalue weighted by Gasteiger charge is 2.19. The van der Waals surface area contributed by atoms with Crippen molar-refractivity contribution in [1.29, 1.82) is 0 Å². The first-order valence-corrected chi connectivity index (χ1v) is 5.01. The van der Waals surface area contributed by atoms with Gasteiger partial charge >= 0.3 is 0 Å². The highest BCUT2D eigenvalue weighted by Crippen LogP contribution is 2.27. The van der Waals surface area contributed by atoms with Crippen LogP contribution in [0.15, 0.2) is 24.3 Å². The minimum absolute atomic E-state index is 0.384. The largest absolute Gasteiger partial charge is 0.490 e. The molecule has 0 atom stereocenters. The van der Waals surface area contributed by atoms with Crippen LogP contribution >= 0.6 is 0 Å². The van der Waals surface area contributed by atoms with Gasteiger partial charge in [-0.15, -0.1) is 0 Å². The van der Waals surface area contributed by atoms with Gasteiger partial charge in [-0.2, -0.15) is 0 Å². The van der Waals surface area contributed by atoms with Crippen molar-refractivity contribution < 1.29 is 9.94 Å². The maximum atomic E-state index is 8.64. The Morgan fingerprint density at radius 2 is 2.14 bits per heavy atom. The fourth-order valence-corrected chi connectivity index (χ4v) is 1.52. The Kier molecular flexibility index (Phi) is 3.01. The Balaban J connectivity index is 2.05. The SMILES string of the molecule is ONCc1ccccc1OC1CCC1. The lowest BCUT2D eigenvalue weighted by atomic mass is 9.96. The highest BCUT2D eigenvalue weighted by molar-refractivity contribution is 5.33. The second-order valence-electron chi connectivity index (χ2n) is 3.61. The maximum Gasteiger partial charge on any atom is 0.124 e. The van der Waals surface area contributed by atoms with Crippen molar-refractivity contribution in [3.8, 4) is 5.75 Å². The normalized spacial score (nSPS) is 16.4. The predicted molar refractivity (Wildman–Crippen MR) is 53.3 cm³/mol. The fourth-order valence-electron chi connectivity index (χ4n) is 1.52. The molecule has 3 heteroatoms. The number of para-hydroxylation sites is 1. The van der Waals surface area contributed by atoms with Gasteiger partial charge in [0.1, 0.15) is 5.75 Å². The quantitative estimate of drug-likeness (QED) is 0.719. The number of hydroxylamine groups is 1. The Labute approximate surface area is 83.7 Å². The summed E-state index contributed by atoms with van der Waals surface area (Å²) in [4.78, 5) is 0. The van der Waals surface area contributed by atoms with E-state index in [9.17, 15) is 0 Å². The molecule has 2 N–H and O–H groups in total. The van der Waals surface area contributed by atoms with Crippen LogP contribution in [0.4, 0.5) is 0 Å². The van der Waals surface area contributed by atoms with E-state index in [2.05, 4.69) is 5.48 Å². The van der Waals surface area contributed by atoms with Crippen molar-refractivity contribution in [1.82, 2.24) is 5.48 Å². The molecule has 0 radical (unpaired) electrons. The van der Waals surface area contributed by atoms with Crippen LogP contribution in [0.25, 0.3) is 0 Å². The molecule has 76 valence electrons. The molecule has 1 aliphatic carbocycles. The lowest BCUT2D eigenvalue weighted by Gasteiger charge is -2.27. The molecule has 2 rings (SSSR count). The molecular formula is C11H15NO2. The van der Waals surface area contributed by atoms with Crippen LogP contribution in [0.5, 0.6) is 5.75 Å². The summed E-state index contributed by atoms with van der Waals surface area (Å²) in [6, 6.07) is 7.80. The molecule has 0 amide bonds. The van der Waals surface area contributed by atoms with Crippen molar-refractivity contribution in [2.45, 2.75) is 31.9 Å². The fraction of sp³-hybridized carbons (Fsp3) is 0.455. The monoisotopic (exact) mass is 193 g/mol. The molecule has 0 bridgehead atoms. The zero-order valence-electron chi connectivity index (χ0n) is 8.07. The second-order valence-corrected chi connectivity index (χ2v) is 3.61. The average Bonchev–Trinajstić information content (AvgIpc) is 2.14. The van der Waals surface area contributed by atoms with Crippen LogP contribution in [0.1, 0.15) is 24.8 Å². The summed E-state index contributed by atoms with van der Waals surface area (Å²) in [7, 11) is 0. The Bertz CT molecular complexity index is 297. The van der Waals surface area contributed by atoms with Crippen LogP contribution in [0, 0.1) is 0 Å². The summed E-state index contributed by atoms with van der Waals surface area (Å²) in [5.41, 5.74) is 3.16. The maximum absolute atomic E-state index is 8.64. The lowest BCUT2D eigenvalue weighted by molar-refractivity contribution is 0.115. The first kappa shape index (κ1) is 9.49. The zero-order chi connectivity index (χ0) is 9.80. The molecule has 0 unspecified atom stereocenters. The van der Waals surface area contributed by atoms with Gasteiger partial charge in [-0.3, -0.25) is 0 Å². The first-order valence-electron chi connectivity index (χ1n) is 5.01. The van der Waals surface area contributed by atoms with Gasteiger partial charge in [-0.1, -0.05) is 18.2 Å². The molecule has 0 spiro atoms. The van der Waals surface area contributed by atoms with E-state index in [1.165, 1.54) is 6.42 Å². The summed E-state index contributed by atoms with van der Waals surface area (Å²) in [6.07, 6.45) is 3.96. The Hall–Kier alpha value is -1.06. The van der Waals surface area contributed by atoms with E-state index >= 15 is 0 Å². The van der Waals surface area contributed by atoms with Gasteiger partial charge in [0.15, 0.2) is 0 Å². The van der Waals surface area contributed by atoms with Gasteiger partial charge in [-0.25, -0.2) is 5.48 Å². The molecule has 0 heterocycles. The lowest BCUT2D eigenvalue weighted by Crippen LogP contribution is -2.25. The van der Waals surface area contributed by atoms with E-state index < -0.39 is 0 Å². The molecular weight excluding hydrogens is 178 g/mol. The third kappa shape index (κ3) is 2.05. The van der Waals surface area contributed by atoms with Crippen LogP contribution in [0.3, 0.4) is 0 Å².